The summed E-state index contributed by atoms with van der Waals surface area (Å²) >= 11 is 0. The maximum atomic E-state index is 11.9. The molecule has 48 heavy (non-hydrogen) atoms. The summed E-state index contributed by atoms with van der Waals surface area (Å²) in [5, 5.41) is 0. The Labute approximate surface area is 287 Å². The van der Waals surface area contributed by atoms with Crippen LogP contribution in [0.15, 0.2) is 145 Å². The fourth-order valence-electron chi connectivity index (χ4n) is 6.86. The van der Waals surface area contributed by atoms with E-state index in [1.165, 1.54) is 44.5 Å². The maximum absolute atomic E-state index is 11.9. The van der Waals surface area contributed by atoms with E-state index in [0.29, 0.717) is 36.2 Å². The summed E-state index contributed by atoms with van der Waals surface area (Å²) in [6, 6.07) is 41.7. The van der Waals surface area contributed by atoms with Crippen molar-refractivity contribution in [2.75, 3.05) is 0 Å². The number of benzene rings is 4. The van der Waals surface area contributed by atoms with Gasteiger partial charge in [0.1, 0.15) is 11.6 Å². The highest BCUT2D eigenvalue weighted by Crippen LogP contribution is 2.35. The van der Waals surface area contributed by atoms with E-state index in [2.05, 4.69) is 135 Å². The molecule has 4 aromatic rings. The van der Waals surface area contributed by atoms with E-state index in [1.54, 1.807) is 0 Å². The summed E-state index contributed by atoms with van der Waals surface area (Å²) in [5.74, 6) is 1.57. The number of ketones is 2. The van der Waals surface area contributed by atoms with Crippen LogP contribution in [0, 0.1) is 11.8 Å². The Morgan fingerprint density at radius 1 is 0.500 bits per heavy atom. The highest BCUT2D eigenvalue weighted by atomic mass is 16.1. The minimum absolute atomic E-state index is 0.377. The van der Waals surface area contributed by atoms with Gasteiger partial charge in [-0.05, 0) is 84.8 Å². The summed E-state index contributed by atoms with van der Waals surface area (Å²) in [4.78, 5) is 23.8. The van der Waals surface area contributed by atoms with E-state index in [-0.39, 0.29) is 0 Å². The maximum Gasteiger partial charge on any atom is 0.133 e. The minimum atomic E-state index is 0.377. The van der Waals surface area contributed by atoms with Gasteiger partial charge in [0.05, 0.1) is 0 Å². The van der Waals surface area contributed by atoms with Crippen molar-refractivity contribution in [2.24, 2.45) is 11.8 Å². The fourth-order valence-corrected chi connectivity index (χ4v) is 6.86. The molecule has 2 aliphatic rings. The van der Waals surface area contributed by atoms with Crippen molar-refractivity contribution in [1.29, 1.82) is 0 Å². The average molecular weight is 633 g/mol. The molecule has 0 aromatic heterocycles. The topological polar surface area (TPSA) is 34.1 Å². The van der Waals surface area contributed by atoms with Gasteiger partial charge in [0.15, 0.2) is 0 Å². The van der Waals surface area contributed by atoms with Gasteiger partial charge in [-0.2, -0.15) is 0 Å². The molecule has 4 aromatic carbocycles. The summed E-state index contributed by atoms with van der Waals surface area (Å²) < 4.78 is 0. The van der Waals surface area contributed by atoms with Gasteiger partial charge in [0.2, 0.25) is 0 Å². The van der Waals surface area contributed by atoms with Crippen LogP contribution in [0.5, 0.6) is 0 Å². The van der Waals surface area contributed by atoms with Crippen molar-refractivity contribution in [2.45, 2.75) is 65.2 Å². The zero-order valence-corrected chi connectivity index (χ0v) is 28.5. The molecule has 0 spiro atoms. The third kappa shape index (κ3) is 10.1. The molecule has 2 nitrogen and oxygen atoms in total. The zero-order valence-electron chi connectivity index (χ0n) is 28.5. The van der Waals surface area contributed by atoms with Crippen LogP contribution in [-0.4, -0.2) is 11.6 Å². The van der Waals surface area contributed by atoms with E-state index in [0.717, 1.165) is 38.5 Å². The smallest absolute Gasteiger partial charge is 0.133 e. The van der Waals surface area contributed by atoms with Gasteiger partial charge in [-0.3, -0.25) is 9.59 Å². The molecule has 0 aliphatic heterocycles. The third-order valence-electron chi connectivity index (χ3n) is 9.69. The lowest BCUT2D eigenvalue weighted by Crippen LogP contribution is -2.16. The second kappa shape index (κ2) is 17.9. The van der Waals surface area contributed by atoms with Crippen LogP contribution in [0.4, 0.5) is 0 Å². The third-order valence-corrected chi connectivity index (χ3v) is 9.69. The largest absolute Gasteiger partial charge is 0.300 e. The number of hydrogen-bond donors (Lipinski definition) is 0. The lowest BCUT2D eigenvalue weighted by molar-refractivity contribution is -0.121. The molecule has 2 atom stereocenters. The first-order valence-electron chi connectivity index (χ1n) is 17.5. The normalized spacial score (nSPS) is 19.4. The Kier molecular flexibility index (Phi) is 12.9. The van der Waals surface area contributed by atoms with Gasteiger partial charge in [0.25, 0.3) is 0 Å². The van der Waals surface area contributed by atoms with E-state index in [1.807, 2.05) is 24.3 Å². The molecule has 2 saturated carbocycles. The van der Waals surface area contributed by atoms with Gasteiger partial charge >= 0.3 is 0 Å². The molecule has 0 bridgehead atoms. The van der Waals surface area contributed by atoms with Gasteiger partial charge < -0.3 is 0 Å². The second-order valence-electron chi connectivity index (χ2n) is 13.1. The standard InChI is InChI=1S/2C23H24O/c2*1-18(21-13-8-14-22(24)17-21)23(20-11-6-3-7-12-20)16-15-19-9-4-2-5-10-19/h2*2-7,9-12,15-16,21H,8,13-14,17H2,1H3/b2*16-15+,23-18+/t2*21-/m10/s1. The van der Waals surface area contributed by atoms with Gasteiger partial charge in [-0.15, -0.1) is 0 Å². The molecular weight excluding hydrogens is 585 g/mol. The molecule has 0 N–H and O–H groups in total. The van der Waals surface area contributed by atoms with Crippen molar-refractivity contribution in [3.63, 3.8) is 0 Å². The molecule has 244 valence electrons. The molecule has 2 aliphatic carbocycles. The number of carbonyl (C=O) groups is 2. The molecule has 0 heterocycles. The van der Waals surface area contributed by atoms with E-state index < -0.39 is 0 Å². The first kappa shape index (κ1) is 34.5. The average Bonchev–Trinajstić information content (AvgIpc) is 3.14. The molecule has 0 unspecified atom stereocenters. The highest BCUT2D eigenvalue weighted by molar-refractivity contribution is 5.85. The molecule has 0 amide bonds. The van der Waals surface area contributed by atoms with Gasteiger partial charge in [-0.1, -0.05) is 157 Å². The van der Waals surface area contributed by atoms with Crippen LogP contribution in [0.3, 0.4) is 0 Å². The van der Waals surface area contributed by atoms with Crippen molar-refractivity contribution in [1.82, 2.24) is 0 Å². The van der Waals surface area contributed by atoms with Crippen molar-refractivity contribution >= 4 is 34.9 Å². The van der Waals surface area contributed by atoms with Crippen LogP contribution in [0.2, 0.25) is 0 Å². The van der Waals surface area contributed by atoms with Crippen molar-refractivity contribution in [3.8, 4) is 0 Å². The lowest BCUT2D eigenvalue weighted by atomic mass is 9.80. The number of rotatable bonds is 8. The molecule has 6 rings (SSSR count). The first-order valence-corrected chi connectivity index (χ1v) is 17.5. The molecule has 0 radical (unpaired) electrons. The van der Waals surface area contributed by atoms with Crippen molar-refractivity contribution < 1.29 is 9.59 Å². The summed E-state index contributed by atoms with van der Waals surface area (Å²) in [5.41, 5.74) is 10.00. The quantitative estimate of drug-likeness (QED) is 0.181. The Bertz CT molecular complexity index is 1610. The van der Waals surface area contributed by atoms with E-state index in [9.17, 15) is 9.59 Å². The van der Waals surface area contributed by atoms with E-state index in [4.69, 9.17) is 0 Å². The number of allylic oxidation sites excluding steroid dienone is 6. The molecular formula is C46H48O2. The van der Waals surface area contributed by atoms with Crippen LogP contribution in [-0.2, 0) is 9.59 Å². The highest BCUT2D eigenvalue weighted by Gasteiger charge is 2.23. The predicted molar refractivity (Wildman–Crippen MR) is 203 cm³/mol. The molecule has 0 saturated heterocycles. The summed E-state index contributed by atoms with van der Waals surface area (Å²) in [7, 11) is 0. The summed E-state index contributed by atoms with van der Waals surface area (Å²) in [6.07, 6.45) is 15.9. The number of Topliss-reactive ketones (excluding diaryl/α,β-unsaturated/α-hetero) is 2. The molecule has 2 heteroatoms. The van der Waals surface area contributed by atoms with Crippen LogP contribution in [0.1, 0.15) is 87.5 Å². The SMILES string of the molecule is C/C(=C(/C=C/c1ccccc1)c1ccccc1)[C@@H]1CCCC(=O)C1.C/C(=C(/C=C/c1ccccc1)c1ccccc1)[C@H]1CCCC(=O)C1. The lowest BCUT2D eigenvalue weighted by Gasteiger charge is -2.24. The predicted octanol–water partition coefficient (Wildman–Crippen LogP) is 11.9. The Hall–Kier alpha value is -4.82. The second-order valence-corrected chi connectivity index (χ2v) is 13.1. The van der Waals surface area contributed by atoms with Gasteiger partial charge in [0, 0.05) is 25.7 Å². The summed E-state index contributed by atoms with van der Waals surface area (Å²) in [6.45, 7) is 4.39. The minimum Gasteiger partial charge on any atom is -0.300 e. The fraction of sp³-hybridized carbons (Fsp3) is 0.261. The molecule has 2 fully saturated rings. The Morgan fingerprint density at radius 2 is 0.833 bits per heavy atom. The van der Waals surface area contributed by atoms with Gasteiger partial charge in [-0.25, -0.2) is 0 Å². The van der Waals surface area contributed by atoms with Crippen LogP contribution in [0.25, 0.3) is 23.3 Å². The van der Waals surface area contributed by atoms with Crippen LogP contribution < -0.4 is 0 Å². The number of hydrogen-bond acceptors (Lipinski definition) is 2. The Balaban J connectivity index is 0.000000188. The van der Waals surface area contributed by atoms with Crippen LogP contribution >= 0.6 is 0 Å². The number of carbonyl (C=O) groups excluding carboxylic acids is 2. The monoisotopic (exact) mass is 632 g/mol. The van der Waals surface area contributed by atoms with Crippen molar-refractivity contribution in [3.05, 3.63) is 167 Å². The first-order chi connectivity index (χ1) is 23.5. The zero-order chi connectivity index (χ0) is 33.6. The van der Waals surface area contributed by atoms with E-state index >= 15 is 0 Å². The Morgan fingerprint density at radius 3 is 1.17 bits per heavy atom.